The molecule has 23 aromatic carbocycles. The molecule has 137 heavy (non-hydrogen) atoms. The van der Waals surface area contributed by atoms with Gasteiger partial charge >= 0.3 is 0 Å². The summed E-state index contributed by atoms with van der Waals surface area (Å²) in [5.74, 6) is 2.90. The Morgan fingerprint density at radius 2 is 0.591 bits per heavy atom. The monoisotopic (exact) mass is 1750 g/mol. The van der Waals surface area contributed by atoms with Gasteiger partial charge in [-0.1, -0.05) is 388 Å². The van der Waals surface area contributed by atoms with Gasteiger partial charge in [-0.2, -0.15) is 0 Å². The van der Waals surface area contributed by atoms with Crippen LogP contribution < -0.4 is 5.32 Å². The Balaban J connectivity index is 0.503. The molecule has 25 aromatic rings. The van der Waals surface area contributed by atoms with E-state index in [2.05, 4.69) is 478 Å². The maximum atomic E-state index is 7.13. The Labute approximate surface area is 789 Å². The molecule has 0 bridgehead atoms. The maximum Gasteiger partial charge on any atom is 0.159 e. The number of hydrogen-bond donors (Lipinski definition) is 1. The van der Waals surface area contributed by atoms with Crippen molar-refractivity contribution in [2.75, 3.05) is 7.05 Å². The number of nitrogens with zero attached hydrogens (tertiary/aromatic N) is 5. The van der Waals surface area contributed by atoms with Crippen molar-refractivity contribution in [3.05, 3.63) is 494 Å². The Hall–Kier alpha value is -18.0. The van der Waals surface area contributed by atoms with Gasteiger partial charge in [0.25, 0.3) is 0 Å². The molecule has 640 valence electrons. The van der Waals surface area contributed by atoms with Gasteiger partial charge in [0, 0.05) is 62.0 Å². The van der Waals surface area contributed by atoms with Gasteiger partial charge in [-0.15, -0.1) is 0 Å². The Morgan fingerprint density at radius 3 is 1.24 bits per heavy atom. The molecule has 2 aromatic heterocycles. The van der Waals surface area contributed by atoms with E-state index in [-0.39, 0.29) is 0 Å². The zero-order chi connectivity index (χ0) is 90.3. The standard InChI is InChI=1S/C129H82N6O2/c1-135-128(133-127(134-129(135)99-64-47-80-23-4-7-27-90(80)73-99)101-75-95-29-10-13-33-105(95)117(77-101)113-68-67-109(123-121(113)114-36-16-17-41-118(114)136-123)85-50-48-83(49-51-85)103-37-18-30-82-24-8-11-31-102(82)103)87-56-52-84(53-57-87)106-65-66-107(111-35-15-14-34-110(106)111)96-61-59-93-71-97(62-60-92(93)70-96)108-38-19-40-115-120-112(39-20-42-119(120)137-122(108)115)116-76-100(74-94-28-9-12-32-104(94)116)126-131-124(130-125(132-126)98-63-46-79-22-3-6-26-89(79)72-98)86-54-43-81(44-55-86)91-58-45-78-21-2-5-25-88(78)69-91/h2-77,124,128H,1H3,(H,130,131,132). The molecule has 0 fully saturated rings. The molecule has 0 spiro atoms. The first-order valence-corrected chi connectivity index (χ1v) is 46.9. The second-order valence-electron chi connectivity index (χ2n) is 36.3. The third-order valence-electron chi connectivity index (χ3n) is 28.3. The van der Waals surface area contributed by atoms with E-state index in [1.54, 1.807) is 0 Å². The van der Waals surface area contributed by atoms with Gasteiger partial charge in [-0.3, -0.25) is 0 Å². The lowest BCUT2D eigenvalue weighted by molar-refractivity contribution is 0.383. The van der Waals surface area contributed by atoms with Crippen molar-refractivity contribution in [3.8, 4) is 89.0 Å². The van der Waals surface area contributed by atoms with E-state index < -0.39 is 12.3 Å². The molecule has 4 heterocycles. The molecular weight excluding hydrogens is 1670 g/mol. The number of para-hydroxylation sites is 2. The molecule has 0 radical (unpaired) electrons. The van der Waals surface area contributed by atoms with Crippen molar-refractivity contribution in [1.82, 2.24) is 10.2 Å². The number of aliphatic imine (C=N–C) groups is 4. The number of fused-ring (bicyclic) bond motifs is 14. The van der Waals surface area contributed by atoms with Gasteiger partial charge in [0.05, 0.1) is 0 Å². The molecule has 0 amide bonds. The van der Waals surface area contributed by atoms with E-state index in [9.17, 15) is 0 Å². The van der Waals surface area contributed by atoms with Gasteiger partial charge in [0.2, 0.25) is 0 Å². The van der Waals surface area contributed by atoms with Crippen molar-refractivity contribution in [3.63, 3.8) is 0 Å². The fourth-order valence-electron chi connectivity index (χ4n) is 21.4. The Kier molecular flexibility index (Phi) is 18.5. The van der Waals surface area contributed by atoms with E-state index in [1.807, 2.05) is 0 Å². The highest BCUT2D eigenvalue weighted by atomic mass is 16.3. The van der Waals surface area contributed by atoms with Crippen LogP contribution in [0.5, 0.6) is 0 Å². The predicted octanol–water partition coefficient (Wildman–Crippen LogP) is 33.4. The predicted molar refractivity (Wildman–Crippen MR) is 573 cm³/mol. The molecule has 2 unspecified atom stereocenters. The fourth-order valence-corrected chi connectivity index (χ4v) is 21.4. The van der Waals surface area contributed by atoms with E-state index in [0.717, 1.165) is 199 Å². The SMILES string of the molecule is CN1C(c2ccc3ccccc3c2)=NC(c2cc(-c3ccc(-c4ccc(-c5cccc6ccccc56)cc4)c4oc5ccccc5c34)c3ccccc3c2)=NC1c1ccc(-c2ccc(-c3ccc4cc(-c5cccc6c5oc5cccc(-c7cc(C8=NC(c9ccc(-c%10ccc%11ccccc%11c%10)cc9)NC(c9ccc%10ccccc%10c9)=N8)cc8ccccc78)c56)ccc4c3)c3ccccc23)cc1. The molecular formula is C129H82N6O2. The van der Waals surface area contributed by atoms with Crippen LogP contribution in [0, 0.1) is 0 Å². The van der Waals surface area contributed by atoms with Gasteiger partial charge in [0.15, 0.2) is 11.7 Å². The molecule has 0 aliphatic carbocycles. The van der Waals surface area contributed by atoms with E-state index in [0.29, 0.717) is 11.7 Å². The van der Waals surface area contributed by atoms with Gasteiger partial charge in [-0.05, 0) is 248 Å². The van der Waals surface area contributed by atoms with Gasteiger partial charge in [-0.25, -0.2) is 20.0 Å². The number of hydrogen-bond acceptors (Lipinski definition) is 8. The lowest BCUT2D eigenvalue weighted by Crippen LogP contribution is -2.35. The second kappa shape index (κ2) is 32.2. The van der Waals surface area contributed by atoms with Crippen LogP contribution in [0.3, 0.4) is 0 Å². The smallest absolute Gasteiger partial charge is 0.159 e. The molecule has 27 rings (SSSR count). The van der Waals surface area contributed by atoms with Crippen LogP contribution in [0.15, 0.2) is 490 Å². The minimum Gasteiger partial charge on any atom is -0.455 e. The summed E-state index contributed by atoms with van der Waals surface area (Å²) in [6, 6.07) is 167. The Morgan fingerprint density at radius 1 is 0.219 bits per heavy atom. The van der Waals surface area contributed by atoms with E-state index in [4.69, 9.17) is 28.8 Å². The summed E-state index contributed by atoms with van der Waals surface area (Å²) in [6.45, 7) is 0. The lowest BCUT2D eigenvalue weighted by atomic mass is 9.90. The van der Waals surface area contributed by atoms with Crippen molar-refractivity contribution in [2.24, 2.45) is 20.0 Å². The largest absolute Gasteiger partial charge is 0.455 e. The van der Waals surface area contributed by atoms with Crippen LogP contribution in [-0.4, -0.2) is 35.3 Å². The van der Waals surface area contributed by atoms with Gasteiger partial charge < -0.3 is 19.1 Å². The number of rotatable bonds is 14. The quantitative estimate of drug-likeness (QED) is 0.117. The molecule has 2 aliphatic heterocycles. The van der Waals surface area contributed by atoms with E-state index in [1.165, 1.54) is 65.3 Å². The zero-order valence-electron chi connectivity index (χ0n) is 74.6. The fraction of sp³-hybridized carbons (Fsp3) is 0.0233. The first-order valence-electron chi connectivity index (χ1n) is 46.9. The summed E-state index contributed by atoms with van der Waals surface area (Å²) in [5, 5.41) is 26.6. The van der Waals surface area contributed by atoms with Crippen LogP contribution in [0.25, 0.3) is 219 Å². The molecule has 0 saturated heterocycles. The van der Waals surface area contributed by atoms with Crippen LogP contribution in [-0.2, 0) is 0 Å². The van der Waals surface area contributed by atoms with Crippen LogP contribution in [0.1, 0.15) is 45.7 Å². The maximum absolute atomic E-state index is 7.13. The average molecular weight is 1750 g/mol. The summed E-state index contributed by atoms with van der Waals surface area (Å²) in [6.07, 6.45) is -0.854. The van der Waals surface area contributed by atoms with Crippen LogP contribution >= 0.6 is 0 Å². The minimum atomic E-state index is -0.430. The van der Waals surface area contributed by atoms with Gasteiger partial charge in [0.1, 0.15) is 46.3 Å². The van der Waals surface area contributed by atoms with Crippen molar-refractivity contribution >= 4 is 153 Å². The first-order chi connectivity index (χ1) is 67.7. The molecule has 2 atom stereocenters. The molecule has 8 heteroatoms. The Bertz CT molecular complexity index is 9480. The number of amidine groups is 4. The summed E-state index contributed by atoms with van der Waals surface area (Å²) >= 11 is 0. The third kappa shape index (κ3) is 13.7. The number of furan rings is 2. The lowest BCUT2D eigenvalue weighted by Gasteiger charge is -2.33. The normalized spacial score (nSPS) is 14.1. The second-order valence-corrected chi connectivity index (χ2v) is 36.3. The number of nitrogens with one attached hydrogen (secondary N) is 1. The highest BCUT2D eigenvalue weighted by Gasteiger charge is 2.31. The molecule has 8 nitrogen and oxygen atoms in total. The third-order valence-corrected chi connectivity index (χ3v) is 28.3. The zero-order valence-corrected chi connectivity index (χ0v) is 74.6. The van der Waals surface area contributed by atoms with Crippen molar-refractivity contribution in [2.45, 2.75) is 12.3 Å². The number of benzene rings is 23. The molecule has 0 saturated carbocycles. The highest BCUT2D eigenvalue weighted by Crippen LogP contribution is 2.49. The van der Waals surface area contributed by atoms with Crippen molar-refractivity contribution < 1.29 is 8.83 Å². The van der Waals surface area contributed by atoms with E-state index >= 15 is 0 Å². The first kappa shape index (κ1) is 78.8. The summed E-state index contributed by atoms with van der Waals surface area (Å²) in [4.78, 5) is 24.6. The molecule has 2 aliphatic rings. The highest BCUT2D eigenvalue weighted by molar-refractivity contribution is 6.24. The van der Waals surface area contributed by atoms with Crippen LogP contribution in [0.2, 0.25) is 0 Å². The topological polar surface area (TPSA) is 91.0 Å². The minimum absolute atomic E-state index is 0.424. The van der Waals surface area contributed by atoms with Crippen LogP contribution in [0.4, 0.5) is 0 Å². The average Bonchev–Trinajstić information content (AvgIpc) is 1.65. The molecule has 1 N–H and O–H groups in total. The summed E-state index contributed by atoms with van der Waals surface area (Å²) in [7, 11) is 2.13. The summed E-state index contributed by atoms with van der Waals surface area (Å²) < 4.78 is 14.1. The van der Waals surface area contributed by atoms with Crippen molar-refractivity contribution in [1.29, 1.82) is 0 Å². The summed E-state index contributed by atoms with van der Waals surface area (Å²) in [5.41, 5.74) is 27.0.